The van der Waals surface area contributed by atoms with E-state index < -0.39 is 4.92 Å². The van der Waals surface area contributed by atoms with Gasteiger partial charge in [0.2, 0.25) is 0 Å². The first-order chi connectivity index (χ1) is 8.56. The van der Waals surface area contributed by atoms with Gasteiger partial charge in [-0.1, -0.05) is 18.0 Å². The summed E-state index contributed by atoms with van der Waals surface area (Å²) in [5.41, 5.74) is 0.586. The Morgan fingerprint density at radius 2 is 2.28 bits per heavy atom. The van der Waals surface area contributed by atoms with Crippen LogP contribution in [0.1, 0.15) is 19.3 Å². The number of rotatable bonds is 5. The van der Waals surface area contributed by atoms with E-state index in [1.54, 1.807) is 12.1 Å². The molecule has 1 aliphatic carbocycles. The molecule has 98 valence electrons. The van der Waals surface area contributed by atoms with Gasteiger partial charge in [0, 0.05) is 22.4 Å². The Morgan fingerprint density at radius 1 is 1.56 bits per heavy atom. The fourth-order valence-electron chi connectivity index (χ4n) is 2.09. The molecule has 2 rings (SSSR count). The lowest BCUT2D eigenvalue weighted by atomic mass is 9.84. The van der Waals surface area contributed by atoms with Gasteiger partial charge in [-0.3, -0.25) is 10.1 Å². The SMILES string of the molecule is CSC1(CNc2ccc(Cl)cc2[N+](=O)[O-])CCC1. The zero-order valence-electron chi connectivity index (χ0n) is 10.1. The van der Waals surface area contributed by atoms with Crippen LogP contribution in [0.5, 0.6) is 0 Å². The largest absolute Gasteiger partial charge is 0.378 e. The van der Waals surface area contributed by atoms with Gasteiger partial charge in [-0.05, 0) is 31.2 Å². The predicted molar refractivity (Wildman–Crippen MR) is 76.7 cm³/mol. The molecule has 0 aliphatic heterocycles. The average Bonchev–Trinajstić information content (AvgIpc) is 2.29. The van der Waals surface area contributed by atoms with Gasteiger partial charge in [-0.2, -0.15) is 11.8 Å². The normalized spacial score (nSPS) is 17.0. The molecule has 0 spiro atoms. The Labute approximate surface area is 115 Å². The van der Waals surface area contributed by atoms with E-state index in [9.17, 15) is 10.1 Å². The van der Waals surface area contributed by atoms with E-state index in [-0.39, 0.29) is 10.4 Å². The Hall–Kier alpha value is -0.940. The highest BCUT2D eigenvalue weighted by Gasteiger charge is 2.36. The van der Waals surface area contributed by atoms with Crippen LogP contribution >= 0.6 is 23.4 Å². The Morgan fingerprint density at radius 3 is 2.78 bits per heavy atom. The maximum absolute atomic E-state index is 11.0. The van der Waals surface area contributed by atoms with E-state index in [1.165, 1.54) is 25.3 Å². The molecule has 1 N–H and O–H groups in total. The molecule has 1 fully saturated rings. The van der Waals surface area contributed by atoms with Crippen LogP contribution in [0.2, 0.25) is 5.02 Å². The second kappa shape index (κ2) is 5.36. The quantitative estimate of drug-likeness (QED) is 0.658. The van der Waals surface area contributed by atoms with Crippen molar-refractivity contribution in [2.24, 2.45) is 0 Å². The van der Waals surface area contributed by atoms with Crippen LogP contribution in [0, 0.1) is 10.1 Å². The van der Waals surface area contributed by atoms with Gasteiger partial charge in [-0.15, -0.1) is 0 Å². The smallest absolute Gasteiger partial charge is 0.293 e. The van der Waals surface area contributed by atoms with Crippen molar-refractivity contribution in [3.05, 3.63) is 33.3 Å². The number of halogens is 1. The summed E-state index contributed by atoms with van der Waals surface area (Å²) in [5, 5.41) is 14.5. The highest BCUT2D eigenvalue weighted by atomic mass is 35.5. The van der Waals surface area contributed by atoms with Gasteiger partial charge < -0.3 is 5.32 Å². The highest BCUT2D eigenvalue weighted by Crippen LogP contribution is 2.43. The second-order valence-corrected chi connectivity index (χ2v) is 6.22. The van der Waals surface area contributed by atoms with Crippen LogP contribution in [-0.4, -0.2) is 22.5 Å². The number of anilines is 1. The van der Waals surface area contributed by atoms with Gasteiger partial charge in [0.1, 0.15) is 5.69 Å². The molecule has 1 aromatic rings. The monoisotopic (exact) mass is 286 g/mol. The van der Waals surface area contributed by atoms with E-state index in [4.69, 9.17) is 11.6 Å². The Balaban J connectivity index is 2.11. The number of nitro groups is 1. The third-order valence-corrected chi connectivity index (χ3v) is 5.11. The number of hydrogen-bond acceptors (Lipinski definition) is 4. The lowest BCUT2D eigenvalue weighted by Gasteiger charge is -2.40. The van der Waals surface area contributed by atoms with Crippen molar-refractivity contribution in [2.75, 3.05) is 18.1 Å². The second-order valence-electron chi connectivity index (χ2n) is 4.51. The molecule has 6 heteroatoms. The van der Waals surface area contributed by atoms with Gasteiger partial charge in [-0.25, -0.2) is 0 Å². The molecule has 0 bridgehead atoms. The summed E-state index contributed by atoms with van der Waals surface area (Å²) in [7, 11) is 0. The van der Waals surface area contributed by atoms with E-state index in [0.717, 1.165) is 6.54 Å². The molecule has 1 aliphatic rings. The minimum atomic E-state index is -0.402. The molecule has 0 saturated heterocycles. The number of hydrogen-bond donors (Lipinski definition) is 1. The standard InChI is InChI=1S/C12H15ClN2O2S/c1-18-12(5-2-6-12)8-14-10-4-3-9(13)7-11(10)15(16)17/h3-4,7,14H,2,5-6,8H2,1H3. The summed E-state index contributed by atoms with van der Waals surface area (Å²) in [6.45, 7) is 0.761. The minimum absolute atomic E-state index is 0.0399. The number of thioether (sulfide) groups is 1. The van der Waals surface area contributed by atoms with E-state index >= 15 is 0 Å². The van der Waals surface area contributed by atoms with Crippen molar-refractivity contribution in [1.29, 1.82) is 0 Å². The molecule has 0 aromatic heterocycles. The number of nitrogens with one attached hydrogen (secondary N) is 1. The summed E-state index contributed by atoms with van der Waals surface area (Å²) < 4.78 is 0.244. The molecular weight excluding hydrogens is 272 g/mol. The minimum Gasteiger partial charge on any atom is -0.378 e. The molecule has 0 atom stereocenters. The fourth-order valence-corrected chi connectivity index (χ4v) is 3.17. The van der Waals surface area contributed by atoms with Crippen LogP contribution in [0.15, 0.2) is 18.2 Å². The molecular formula is C12H15ClN2O2S. The van der Waals surface area contributed by atoms with Crippen molar-refractivity contribution < 1.29 is 4.92 Å². The molecule has 1 aromatic carbocycles. The Bertz CT molecular complexity index is 458. The lowest BCUT2D eigenvalue weighted by molar-refractivity contribution is -0.383. The summed E-state index contributed by atoms with van der Waals surface area (Å²) in [5.74, 6) is 0. The van der Waals surface area contributed by atoms with Gasteiger partial charge in [0.05, 0.1) is 4.92 Å². The third-order valence-electron chi connectivity index (χ3n) is 3.46. The predicted octanol–water partition coefficient (Wildman–Crippen LogP) is 3.95. The van der Waals surface area contributed by atoms with Crippen LogP contribution in [0.25, 0.3) is 0 Å². The van der Waals surface area contributed by atoms with Gasteiger partial charge >= 0.3 is 0 Å². The molecule has 0 radical (unpaired) electrons. The average molecular weight is 287 g/mol. The van der Waals surface area contributed by atoms with Crippen LogP contribution in [0.3, 0.4) is 0 Å². The van der Waals surface area contributed by atoms with Crippen LogP contribution < -0.4 is 5.32 Å². The summed E-state index contributed by atoms with van der Waals surface area (Å²) >= 11 is 7.62. The molecule has 0 amide bonds. The lowest BCUT2D eigenvalue weighted by Crippen LogP contribution is -2.40. The summed E-state index contributed by atoms with van der Waals surface area (Å²) in [6, 6.07) is 4.73. The first-order valence-corrected chi connectivity index (χ1v) is 7.40. The van der Waals surface area contributed by atoms with Crippen molar-refractivity contribution >= 4 is 34.7 Å². The molecule has 1 saturated carbocycles. The van der Waals surface area contributed by atoms with Crippen molar-refractivity contribution in [2.45, 2.75) is 24.0 Å². The Kier molecular flexibility index (Phi) is 4.02. The zero-order valence-corrected chi connectivity index (χ0v) is 11.7. The van der Waals surface area contributed by atoms with Crippen molar-refractivity contribution in [3.63, 3.8) is 0 Å². The summed E-state index contributed by atoms with van der Waals surface area (Å²) in [6.07, 6.45) is 5.67. The molecule has 0 unspecified atom stereocenters. The number of nitro benzene ring substituents is 1. The zero-order chi connectivity index (χ0) is 13.2. The third kappa shape index (κ3) is 2.72. The first-order valence-electron chi connectivity index (χ1n) is 5.79. The van der Waals surface area contributed by atoms with E-state index in [2.05, 4.69) is 11.6 Å². The molecule has 4 nitrogen and oxygen atoms in total. The van der Waals surface area contributed by atoms with Gasteiger partial charge in [0.15, 0.2) is 0 Å². The van der Waals surface area contributed by atoms with Crippen LogP contribution in [0.4, 0.5) is 11.4 Å². The fraction of sp³-hybridized carbons (Fsp3) is 0.500. The number of nitrogens with zero attached hydrogens (tertiary/aromatic N) is 1. The van der Waals surface area contributed by atoms with Gasteiger partial charge in [0.25, 0.3) is 5.69 Å². The maximum atomic E-state index is 11.0. The van der Waals surface area contributed by atoms with Crippen LogP contribution in [-0.2, 0) is 0 Å². The van der Waals surface area contributed by atoms with Crippen molar-refractivity contribution in [3.8, 4) is 0 Å². The first kappa shape index (κ1) is 13.5. The highest BCUT2D eigenvalue weighted by molar-refractivity contribution is 8.00. The maximum Gasteiger partial charge on any atom is 0.293 e. The summed E-state index contributed by atoms with van der Waals surface area (Å²) in [4.78, 5) is 10.6. The van der Waals surface area contributed by atoms with Crippen molar-refractivity contribution in [1.82, 2.24) is 0 Å². The topological polar surface area (TPSA) is 55.2 Å². The molecule has 0 heterocycles. The number of benzene rings is 1. The molecule has 18 heavy (non-hydrogen) atoms. The van der Waals surface area contributed by atoms with E-state index in [0.29, 0.717) is 10.7 Å². The van der Waals surface area contributed by atoms with E-state index in [1.807, 2.05) is 11.8 Å².